The summed E-state index contributed by atoms with van der Waals surface area (Å²) in [5.74, 6) is -2.51. The monoisotopic (exact) mass is 310 g/mol. The van der Waals surface area contributed by atoms with Crippen LogP contribution in [0.1, 0.15) is 27.2 Å². The van der Waals surface area contributed by atoms with Crippen LogP contribution in [0.25, 0.3) is 0 Å². The van der Waals surface area contributed by atoms with Gasteiger partial charge in [-0.3, -0.25) is 4.79 Å². The number of carbonyl (C=O) groups excluding carboxylic acids is 2. The summed E-state index contributed by atoms with van der Waals surface area (Å²) in [7, 11) is 0. The van der Waals surface area contributed by atoms with Crippen LogP contribution in [0, 0.1) is 17.3 Å². The maximum absolute atomic E-state index is 12.4. The molecule has 3 aliphatic heterocycles. The molecule has 5 fully saturated rings. The van der Waals surface area contributed by atoms with Gasteiger partial charge in [0.05, 0.1) is 22.5 Å². The number of epoxide rings is 1. The molecule has 22 heavy (non-hydrogen) atoms. The van der Waals surface area contributed by atoms with E-state index in [1.807, 2.05) is 0 Å². The minimum atomic E-state index is -1.47. The topological polar surface area (TPSA) is 106 Å². The lowest BCUT2D eigenvalue weighted by Crippen LogP contribution is -2.68. The van der Waals surface area contributed by atoms with E-state index >= 15 is 0 Å². The second-order valence-corrected chi connectivity index (χ2v) is 8.06. The fraction of sp³-hybridized carbons (Fsp3) is 0.867. The van der Waals surface area contributed by atoms with Gasteiger partial charge in [-0.2, -0.15) is 0 Å². The van der Waals surface area contributed by atoms with Crippen LogP contribution in [-0.2, 0) is 23.8 Å². The fourth-order valence-corrected chi connectivity index (χ4v) is 5.83. The molecule has 2 aliphatic carbocycles. The fourth-order valence-electron chi connectivity index (χ4n) is 5.83. The Morgan fingerprint density at radius 3 is 2.59 bits per heavy atom. The minimum Gasteiger partial charge on any atom is -0.458 e. The van der Waals surface area contributed by atoms with E-state index in [2.05, 4.69) is 0 Å². The van der Waals surface area contributed by atoms with Crippen molar-refractivity contribution in [3.63, 3.8) is 0 Å². The third kappa shape index (κ3) is 0.962. The highest BCUT2D eigenvalue weighted by atomic mass is 16.7. The largest absolute Gasteiger partial charge is 0.458 e. The highest BCUT2D eigenvalue weighted by molar-refractivity contribution is 5.91. The molecule has 0 aromatic heterocycles. The van der Waals surface area contributed by atoms with Crippen LogP contribution in [0.5, 0.6) is 0 Å². The number of ether oxygens (including phenoxy) is 3. The summed E-state index contributed by atoms with van der Waals surface area (Å²) in [5.41, 5.74) is -4.89. The summed E-state index contributed by atoms with van der Waals surface area (Å²) in [5, 5.41) is 21.9. The predicted octanol–water partition coefficient (Wildman–Crippen LogP) is -0.867. The van der Waals surface area contributed by atoms with E-state index < -0.39 is 64.3 Å². The summed E-state index contributed by atoms with van der Waals surface area (Å²) in [6.07, 6.45) is -1.78. The first kappa shape index (κ1) is 13.3. The van der Waals surface area contributed by atoms with E-state index in [1.54, 1.807) is 20.8 Å². The van der Waals surface area contributed by atoms with E-state index in [0.29, 0.717) is 0 Å². The molecule has 2 bridgehead atoms. The first-order valence-corrected chi connectivity index (χ1v) is 7.63. The van der Waals surface area contributed by atoms with Gasteiger partial charge in [-0.25, -0.2) is 4.79 Å². The zero-order valence-corrected chi connectivity index (χ0v) is 12.5. The Kier molecular flexibility index (Phi) is 1.85. The van der Waals surface area contributed by atoms with Crippen molar-refractivity contribution in [1.29, 1.82) is 0 Å². The lowest BCUT2D eigenvalue weighted by molar-refractivity contribution is -0.223. The maximum Gasteiger partial charge on any atom is 0.342 e. The van der Waals surface area contributed by atoms with Gasteiger partial charge in [0.2, 0.25) is 5.60 Å². The van der Waals surface area contributed by atoms with Gasteiger partial charge in [0, 0.05) is 12.3 Å². The molecular weight excluding hydrogens is 292 g/mol. The third-order valence-corrected chi connectivity index (χ3v) is 6.85. The summed E-state index contributed by atoms with van der Waals surface area (Å²) in [6, 6.07) is 0. The van der Waals surface area contributed by atoms with Crippen molar-refractivity contribution in [2.24, 2.45) is 17.3 Å². The van der Waals surface area contributed by atoms with Crippen molar-refractivity contribution in [1.82, 2.24) is 0 Å². The highest BCUT2D eigenvalue weighted by Crippen LogP contribution is 2.77. The smallest absolute Gasteiger partial charge is 0.342 e. The Labute approximate surface area is 126 Å². The average molecular weight is 310 g/mol. The highest BCUT2D eigenvalue weighted by Gasteiger charge is 2.95. The zero-order valence-electron chi connectivity index (χ0n) is 12.5. The van der Waals surface area contributed by atoms with Gasteiger partial charge >= 0.3 is 11.9 Å². The number of aliphatic hydroxyl groups is 2. The molecule has 0 radical (unpaired) electrons. The molecule has 1 spiro atoms. The lowest BCUT2D eigenvalue weighted by atomic mass is 9.52. The first-order valence-electron chi connectivity index (χ1n) is 7.63. The van der Waals surface area contributed by atoms with E-state index in [9.17, 15) is 19.8 Å². The molecule has 1 unspecified atom stereocenters. The quantitative estimate of drug-likeness (QED) is 0.479. The van der Waals surface area contributed by atoms with Gasteiger partial charge in [0.15, 0.2) is 6.10 Å². The molecule has 0 amide bonds. The molecule has 5 rings (SSSR count). The average Bonchev–Trinajstić information content (AvgIpc) is 2.85. The number of esters is 2. The molecular formula is C15H18O7. The van der Waals surface area contributed by atoms with Crippen LogP contribution >= 0.6 is 0 Å². The van der Waals surface area contributed by atoms with Crippen LogP contribution in [0.4, 0.5) is 0 Å². The summed E-state index contributed by atoms with van der Waals surface area (Å²) < 4.78 is 16.5. The van der Waals surface area contributed by atoms with Gasteiger partial charge in [0.25, 0.3) is 0 Å². The standard InChI is InChI=1S/C15H18O7/c1-12(2,18)6-7-10(16)20-8(6)9-13(3)14(7,19)4-5-15(13,22-5)11(17)21-9/h5-9,18-19H,4H2,1-3H3/t5-,6?,7-,8-,9-,13-,14-,15+/m1/s1. The van der Waals surface area contributed by atoms with E-state index in [-0.39, 0.29) is 6.42 Å². The maximum atomic E-state index is 12.4. The molecule has 2 N–H and O–H groups in total. The number of hydrogen-bond acceptors (Lipinski definition) is 7. The molecule has 7 nitrogen and oxygen atoms in total. The van der Waals surface area contributed by atoms with E-state index in [1.165, 1.54) is 0 Å². The van der Waals surface area contributed by atoms with Crippen molar-refractivity contribution in [3.05, 3.63) is 0 Å². The zero-order chi connectivity index (χ0) is 15.9. The molecule has 120 valence electrons. The van der Waals surface area contributed by atoms with Gasteiger partial charge in [-0.1, -0.05) is 0 Å². The van der Waals surface area contributed by atoms with Crippen LogP contribution in [-0.4, -0.2) is 57.3 Å². The van der Waals surface area contributed by atoms with Crippen molar-refractivity contribution in [3.8, 4) is 0 Å². The molecule has 3 heterocycles. The van der Waals surface area contributed by atoms with E-state index in [0.717, 1.165) is 0 Å². The number of hydrogen-bond donors (Lipinski definition) is 2. The Balaban J connectivity index is 1.76. The molecule has 3 saturated heterocycles. The number of fused-ring (bicyclic) bond motifs is 4. The van der Waals surface area contributed by atoms with Gasteiger partial charge in [0.1, 0.15) is 12.2 Å². The molecule has 7 heteroatoms. The van der Waals surface area contributed by atoms with E-state index in [4.69, 9.17) is 14.2 Å². The van der Waals surface area contributed by atoms with Crippen LogP contribution < -0.4 is 0 Å². The van der Waals surface area contributed by atoms with Gasteiger partial charge < -0.3 is 24.4 Å². The van der Waals surface area contributed by atoms with Crippen molar-refractivity contribution in [2.75, 3.05) is 0 Å². The second-order valence-electron chi connectivity index (χ2n) is 8.06. The number of rotatable bonds is 1. The Bertz CT molecular complexity index is 638. The van der Waals surface area contributed by atoms with Crippen LogP contribution in [0.2, 0.25) is 0 Å². The van der Waals surface area contributed by atoms with Crippen LogP contribution in [0.15, 0.2) is 0 Å². The molecule has 0 aromatic carbocycles. The van der Waals surface area contributed by atoms with Crippen LogP contribution in [0.3, 0.4) is 0 Å². The molecule has 5 aliphatic rings. The number of carbonyl (C=O) groups is 2. The molecule has 0 aromatic rings. The second kappa shape index (κ2) is 3.07. The summed E-state index contributed by atoms with van der Waals surface area (Å²) >= 11 is 0. The van der Waals surface area contributed by atoms with Gasteiger partial charge in [-0.05, 0) is 20.8 Å². The third-order valence-electron chi connectivity index (χ3n) is 6.85. The summed E-state index contributed by atoms with van der Waals surface area (Å²) in [4.78, 5) is 24.8. The van der Waals surface area contributed by atoms with Crippen molar-refractivity contribution in [2.45, 2.75) is 62.3 Å². The lowest BCUT2D eigenvalue weighted by Gasteiger charge is -2.53. The SMILES string of the molecule is CC(C)(O)C1[C@H]2OC(=O)[C@@H]1[C@]1(O)C[C@H]3O[C@]34C(=O)O[C@H]2[C@]14C. The Morgan fingerprint density at radius 2 is 1.95 bits per heavy atom. The molecule has 8 atom stereocenters. The Hall–Kier alpha value is -1.18. The van der Waals surface area contributed by atoms with Crippen molar-refractivity contribution >= 4 is 11.9 Å². The molecule has 2 saturated carbocycles. The normalized spacial score (nSPS) is 60.7. The first-order chi connectivity index (χ1) is 10.1. The van der Waals surface area contributed by atoms with Crippen molar-refractivity contribution < 1.29 is 34.0 Å². The summed E-state index contributed by atoms with van der Waals surface area (Å²) in [6.45, 7) is 4.92. The predicted molar refractivity (Wildman–Crippen MR) is 68.3 cm³/mol. The Morgan fingerprint density at radius 1 is 1.27 bits per heavy atom. The van der Waals surface area contributed by atoms with Gasteiger partial charge in [-0.15, -0.1) is 0 Å². The minimum absolute atomic E-state index is 0.189.